The van der Waals surface area contributed by atoms with Crippen LogP contribution < -0.4 is 0 Å². The normalized spacial score (nSPS) is 12.5. The molecule has 0 aromatic heterocycles. The third-order valence-corrected chi connectivity index (χ3v) is 2.50. The quantitative estimate of drug-likeness (QED) is 0.501. The number of hydrogen-bond donors (Lipinski definition) is 1. The standard InChI is InChI=1S/C10H20O3S/c1-3-4-5-7-13-10(12)9(11)6-8-14-2/h9,11H,3-8H2,1-2H3/t9-/m0/s1. The summed E-state index contributed by atoms with van der Waals surface area (Å²) in [5.74, 6) is 0.306. The van der Waals surface area contributed by atoms with Gasteiger partial charge in [0.05, 0.1) is 6.61 Å². The van der Waals surface area contributed by atoms with Crippen molar-refractivity contribution in [3.63, 3.8) is 0 Å². The molecule has 0 saturated carbocycles. The van der Waals surface area contributed by atoms with E-state index in [2.05, 4.69) is 6.92 Å². The molecule has 0 aliphatic rings. The van der Waals surface area contributed by atoms with E-state index in [1.165, 1.54) is 0 Å². The van der Waals surface area contributed by atoms with E-state index in [9.17, 15) is 9.90 Å². The number of rotatable bonds is 8. The maximum absolute atomic E-state index is 11.1. The summed E-state index contributed by atoms with van der Waals surface area (Å²) in [5, 5.41) is 9.32. The third-order valence-electron chi connectivity index (χ3n) is 1.86. The minimum atomic E-state index is -0.941. The summed E-state index contributed by atoms with van der Waals surface area (Å²) in [6.07, 6.45) is 4.54. The highest BCUT2D eigenvalue weighted by Gasteiger charge is 2.15. The molecule has 4 heteroatoms. The number of thioether (sulfide) groups is 1. The molecule has 1 N–H and O–H groups in total. The number of carbonyl (C=O) groups is 1. The van der Waals surface area contributed by atoms with Gasteiger partial charge in [-0.1, -0.05) is 19.8 Å². The molecule has 0 fully saturated rings. The lowest BCUT2D eigenvalue weighted by Gasteiger charge is -2.09. The average Bonchev–Trinajstić information content (AvgIpc) is 2.20. The van der Waals surface area contributed by atoms with Gasteiger partial charge in [0.1, 0.15) is 0 Å². The minimum absolute atomic E-state index is 0.434. The van der Waals surface area contributed by atoms with Crippen LogP contribution in [0.15, 0.2) is 0 Å². The molecule has 0 heterocycles. The molecule has 0 aliphatic heterocycles. The lowest BCUT2D eigenvalue weighted by Crippen LogP contribution is -2.24. The van der Waals surface area contributed by atoms with Crippen LogP contribution in [-0.4, -0.2) is 35.8 Å². The SMILES string of the molecule is CCCCCOC(=O)[C@@H](O)CCSC. The zero-order valence-corrected chi connectivity index (χ0v) is 9.81. The van der Waals surface area contributed by atoms with E-state index in [0.29, 0.717) is 13.0 Å². The molecule has 0 saturated heterocycles. The van der Waals surface area contributed by atoms with Gasteiger partial charge < -0.3 is 9.84 Å². The molecule has 0 amide bonds. The Morgan fingerprint density at radius 2 is 2.21 bits per heavy atom. The van der Waals surface area contributed by atoms with Crippen molar-refractivity contribution >= 4 is 17.7 Å². The molecule has 1 atom stereocenters. The van der Waals surface area contributed by atoms with Crippen molar-refractivity contribution in [3.05, 3.63) is 0 Å². The maximum atomic E-state index is 11.1. The number of carbonyl (C=O) groups excluding carboxylic acids is 1. The molecule has 0 aromatic carbocycles. The van der Waals surface area contributed by atoms with Crippen LogP contribution in [0.4, 0.5) is 0 Å². The molecule has 0 aliphatic carbocycles. The van der Waals surface area contributed by atoms with Crippen LogP contribution in [0.25, 0.3) is 0 Å². The molecule has 0 rings (SSSR count). The minimum Gasteiger partial charge on any atom is -0.464 e. The Kier molecular flexibility index (Phi) is 9.19. The lowest BCUT2D eigenvalue weighted by atomic mass is 10.2. The molecule has 0 aromatic rings. The summed E-state index contributed by atoms with van der Waals surface area (Å²) in [6, 6.07) is 0. The summed E-state index contributed by atoms with van der Waals surface area (Å²) < 4.78 is 4.90. The van der Waals surface area contributed by atoms with Crippen LogP contribution in [0.5, 0.6) is 0 Å². The number of hydrogen-bond acceptors (Lipinski definition) is 4. The van der Waals surface area contributed by atoms with Crippen LogP contribution >= 0.6 is 11.8 Å². The monoisotopic (exact) mass is 220 g/mol. The fourth-order valence-corrected chi connectivity index (χ4v) is 1.43. The largest absolute Gasteiger partial charge is 0.464 e. The van der Waals surface area contributed by atoms with Gasteiger partial charge in [-0.05, 0) is 24.9 Å². The third kappa shape index (κ3) is 7.21. The molecule has 3 nitrogen and oxygen atoms in total. The Morgan fingerprint density at radius 1 is 1.50 bits per heavy atom. The highest BCUT2D eigenvalue weighted by atomic mass is 32.2. The second-order valence-corrected chi connectivity index (χ2v) is 4.16. The van der Waals surface area contributed by atoms with Gasteiger partial charge in [-0.25, -0.2) is 4.79 Å². The van der Waals surface area contributed by atoms with Crippen molar-refractivity contribution in [1.29, 1.82) is 0 Å². The average molecular weight is 220 g/mol. The summed E-state index contributed by atoms with van der Waals surface area (Å²) in [7, 11) is 0. The highest BCUT2D eigenvalue weighted by Crippen LogP contribution is 2.03. The van der Waals surface area contributed by atoms with Crippen molar-refractivity contribution in [3.8, 4) is 0 Å². The fraction of sp³-hybridized carbons (Fsp3) is 0.900. The van der Waals surface area contributed by atoms with Crippen LogP contribution in [0.2, 0.25) is 0 Å². The van der Waals surface area contributed by atoms with Gasteiger partial charge in [0.25, 0.3) is 0 Å². The van der Waals surface area contributed by atoms with Gasteiger partial charge in [-0.15, -0.1) is 0 Å². The van der Waals surface area contributed by atoms with E-state index in [1.54, 1.807) is 11.8 Å². The molecule has 0 radical (unpaired) electrons. The van der Waals surface area contributed by atoms with Crippen LogP contribution in [0.3, 0.4) is 0 Å². The van der Waals surface area contributed by atoms with Gasteiger partial charge in [-0.3, -0.25) is 0 Å². The van der Waals surface area contributed by atoms with Crippen molar-refractivity contribution < 1.29 is 14.6 Å². The Morgan fingerprint density at radius 3 is 2.79 bits per heavy atom. The lowest BCUT2D eigenvalue weighted by molar-refractivity contribution is -0.153. The Hall–Kier alpha value is -0.220. The second kappa shape index (κ2) is 9.34. The van der Waals surface area contributed by atoms with Crippen molar-refractivity contribution in [1.82, 2.24) is 0 Å². The number of ether oxygens (including phenoxy) is 1. The van der Waals surface area contributed by atoms with E-state index in [4.69, 9.17) is 4.74 Å². The van der Waals surface area contributed by atoms with Crippen LogP contribution in [0.1, 0.15) is 32.6 Å². The first kappa shape index (κ1) is 13.8. The van der Waals surface area contributed by atoms with E-state index in [-0.39, 0.29) is 0 Å². The molecule has 0 bridgehead atoms. The molecule has 14 heavy (non-hydrogen) atoms. The predicted molar refractivity (Wildman–Crippen MR) is 59.5 cm³/mol. The van der Waals surface area contributed by atoms with Crippen LogP contribution in [0, 0.1) is 0 Å². The zero-order valence-electron chi connectivity index (χ0n) is 8.99. The number of aliphatic hydroxyl groups excluding tert-OH is 1. The molecular weight excluding hydrogens is 200 g/mol. The van der Waals surface area contributed by atoms with Gasteiger partial charge in [0.2, 0.25) is 0 Å². The zero-order chi connectivity index (χ0) is 10.8. The molecule has 0 spiro atoms. The summed E-state index contributed by atoms with van der Waals surface area (Å²) in [5.41, 5.74) is 0. The van der Waals surface area contributed by atoms with Gasteiger partial charge in [-0.2, -0.15) is 11.8 Å². The van der Waals surface area contributed by atoms with Crippen LogP contribution in [-0.2, 0) is 9.53 Å². The number of aliphatic hydroxyl groups is 1. The Bertz CT molecular complexity index is 150. The summed E-state index contributed by atoms with van der Waals surface area (Å²) in [6.45, 7) is 2.53. The van der Waals surface area contributed by atoms with E-state index < -0.39 is 12.1 Å². The highest BCUT2D eigenvalue weighted by molar-refractivity contribution is 7.98. The second-order valence-electron chi connectivity index (χ2n) is 3.17. The van der Waals surface area contributed by atoms with Crippen molar-refractivity contribution in [2.45, 2.75) is 38.7 Å². The Balaban J connectivity index is 3.42. The molecule has 84 valence electrons. The summed E-state index contributed by atoms with van der Waals surface area (Å²) in [4.78, 5) is 11.1. The number of unbranched alkanes of at least 4 members (excludes halogenated alkanes) is 2. The maximum Gasteiger partial charge on any atom is 0.334 e. The molecular formula is C10H20O3S. The first-order valence-corrected chi connectivity index (χ1v) is 6.45. The topological polar surface area (TPSA) is 46.5 Å². The molecule has 0 unspecified atom stereocenters. The van der Waals surface area contributed by atoms with E-state index >= 15 is 0 Å². The fourth-order valence-electron chi connectivity index (χ4n) is 0.968. The first-order valence-electron chi connectivity index (χ1n) is 5.06. The van der Waals surface area contributed by atoms with E-state index in [0.717, 1.165) is 25.0 Å². The van der Waals surface area contributed by atoms with Gasteiger partial charge in [0.15, 0.2) is 6.10 Å². The number of esters is 1. The first-order chi connectivity index (χ1) is 6.72. The van der Waals surface area contributed by atoms with Crippen molar-refractivity contribution in [2.75, 3.05) is 18.6 Å². The van der Waals surface area contributed by atoms with E-state index in [1.807, 2.05) is 6.26 Å². The van der Waals surface area contributed by atoms with Gasteiger partial charge >= 0.3 is 5.97 Å². The Labute approximate surface area is 90.2 Å². The summed E-state index contributed by atoms with van der Waals surface area (Å²) >= 11 is 1.61. The van der Waals surface area contributed by atoms with Crippen molar-refractivity contribution in [2.24, 2.45) is 0 Å². The predicted octanol–water partition coefficient (Wildman–Crippen LogP) is 1.83. The smallest absolute Gasteiger partial charge is 0.334 e. The van der Waals surface area contributed by atoms with Gasteiger partial charge in [0, 0.05) is 0 Å².